The van der Waals surface area contributed by atoms with Gasteiger partial charge in [0, 0.05) is 0 Å². The van der Waals surface area contributed by atoms with Crippen LogP contribution in [0.25, 0.3) is 0 Å². The van der Waals surface area contributed by atoms with Crippen molar-refractivity contribution in [1.29, 1.82) is 0 Å². The van der Waals surface area contributed by atoms with E-state index in [0.717, 1.165) is 28.1 Å². The van der Waals surface area contributed by atoms with Crippen molar-refractivity contribution in [3.63, 3.8) is 0 Å². The van der Waals surface area contributed by atoms with Gasteiger partial charge in [-0.3, -0.25) is 20.4 Å². The number of hydrogen-bond acceptors (Lipinski definition) is 6. The third kappa shape index (κ3) is 4.17. The summed E-state index contributed by atoms with van der Waals surface area (Å²) in [5.74, 6) is 0. The molecule has 0 aliphatic heterocycles. The molecule has 0 spiro atoms. The SMILES string of the molecule is Cc1ccc(C)c(N/N=c2\ccc(=O)/c(=N\Nc3ccccc3C)c2=O)c1. The number of hydrogen-bond donors (Lipinski definition) is 2. The summed E-state index contributed by atoms with van der Waals surface area (Å²) in [5, 5.41) is 8.12. The second-order valence-electron chi connectivity index (χ2n) is 6.34. The molecule has 3 rings (SSSR count). The van der Waals surface area contributed by atoms with Gasteiger partial charge in [-0.1, -0.05) is 30.3 Å². The van der Waals surface area contributed by atoms with Crippen LogP contribution in [0.2, 0.25) is 0 Å². The van der Waals surface area contributed by atoms with Gasteiger partial charge in [0.05, 0.1) is 11.4 Å². The van der Waals surface area contributed by atoms with Crippen LogP contribution in [0.4, 0.5) is 11.4 Å². The summed E-state index contributed by atoms with van der Waals surface area (Å²) in [5.41, 5.74) is 9.28. The van der Waals surface area contributed by atoms with Crippen molar-refractivity contribution in [1.82, 2.24) is 0 Å². The second-order valence-corrected chi connectivity index (χ2v) is 6.34. The Bertz CT molecular complexity index is 1210. The largest absolute Gasteiger partial charge is 0.287 e. The maximum atomic E-state index is 12.6. The summed E-state index contributed by atoms with van der Waals surface area (Å²) < 4.78 is 0. The molecule has 0 aromatic heterocycles. The highest BCUT2D eigenvalue weighted by molar-refractivity contribution is 5.52. The summed E-state index contributed by atoms with van der Waals surface area (Å²) in [6.07, 6.45) is 0. The minimum absolute atomic E-state index is 0.126. The highest BCUT2D eigenvalue weighted by atomic mass is 16.1. The summed E-state index contributed by atoms with van der Waals surface area (Å²) >= 11 is 0. The molecule has 0 bridgehead atoms. The van der Waals surface area contributed by atoms with Gasteiger partial charge in [-0.2, -0.15) is 10.2 Å². The van der Waals surface area contributed by atoms with Crippen LogP contribution < -0.4 is 32.4 Å². The molecule has 6 nitrogen and oxygen atoms in total. The molecule has 0 saturated carbocycles. The number of benzene rings is 3. The Morgan fingerprint density at radius 1 is 0.741 bits per heavy atom. The summed E-state index contributed by atoms with van der Waals surface area (Å²) in [4.78, 5) is 24.7. The number of nitrogens with one attached hydrogen (secondary N) is 2. The minimum Gasteiger partial charge on any atom is -0.287 e. The Hall–Kier alpha value is -3.54. The lowest BCUT2D eigenvalue weighted by Crippen LogP contribution is -2.48. The predicted molar refractivity (Wildman–Crippen MR) is 107 cm³/mol. The minimum atomic E-state index is -0.526. The second kappa shape index (κ2) is 7.78. The molecular weight excluding hydrogens is 340 g/mol. The van der Waals surface area contributed by atoms with Crippen molar-refractivity contribution in [2.24, 2.45) is 10.2 Å². The first-order valence-electron chi connectivity index (χ1n) is 8.53. The monoisotopic (exact) mass is 360 g/mol. The van der Waals surface area contributed by atoms with E-state index in [1.54, 1.807) is 0 Å². The lowest BCUT2D eigenvalue weighted by molar-refractivity contribution is 1.10. The standard InChI is InChI=1S/C21H20N4O2/c1-13-8-9-15(3)18(12-13)24-23-17-10-11-19(26)20(21(17)27)25-22-16-7-5-4-6-14(16)2/h4-12,22,24H,1-3H3/b23-17+,25-20+. The normalized spacial score (nSPS) is 12.3. The van der Waals surface area contributed by atoms with Gasteiger partial charge >= 0.3 is 0 Å². The van der Waals surface area contributed by atoms with Crippen molar-refractivity contribution in [3.05, 3.63) is 102 Å². The van der Waals surface area contributed by atoms with E-state index in [9.17, 15) is 9.59 Å². The van der Waals surface area contributed by atoms with Crippen LogP contribution >= 0.6 is 0 Å². The van der Waals surface area contributed by atoms with E-state index in [4.69, 9.17) is 0 Å². The van der Waals surface area contributed by atoms with Crippen molar-refractivity contribution in [2.75, 3.05) is 10.9 Å². The molecule has 0 fully saturated rings. The van der Waals surface area contributed by atoms with Crippen LogP contribution in [-0.4, -0.2) is 0 Å². The average Bonchev–Trinajstić information content (AvgIpc) is 2.65. The Balaban J connectivity index is 2.00. The molecule has 0 aliphatic carbocycles. The van der Waals surface area contributed by atoms with Crippen LogP contribution in [0.3, 0.4) is 0 Å². The maximum Gasteiger partial charge on any atom is 0.237 e. The fourth-order valence-corrected chi connectivity index (χ4v) is 2.53. The van der Waals surface area contributed by atoms with E-state index in [2.05, 4.69) is 21.1 Å². The molecule has 0 amide bonds. The van der Waals surface area contributed by atoms with E-state index in [1.807, 2.05) is 63.2 Å². The first-order chi connectivity index (χ1) is 13.0. The van der Waals surface area contributed by atoms with E-state index in [1.165, 1.54) is 12.1 Å². The molecule has 0 radical (unpaired) electrons. The third-order valence-corrected chi connectivity index (χ3v) is 4.20. The topological polar surface area (TPSA) is 82.9 Å². The van der Waals surface area contributed by atoms with E-state index in [0.29, 0.717) is 0 Å². The lowest BCUT2D eigenvalue weighted by atomic mass is 10.1. The molecule has 136 valence electrons. The number of aryl methyl sites for hydroxylation is 3. The van der Waals surface area contributed by atoms with Crippen molar-refractivity contribution < 1.29 is 0 Å². The Kier molecular flexibility index (Phi) is 5.26. The highest BCUT2D eigenvalue weighted by Crippen LogP contribution is 2.15. The van der Waals surface area contributed by atoms with E-state index in [-0.39, 0.29) is 10.7 Å². The molecule has 0 saturated heterocycles. The van der Waals surface area contributed by atoms with Gasteiger partial charge in [-0.05, 0) is 61.7 Å². The summed E-state index contributed by atoms with van der Waals surface area (Å²) in [6.45, 7) is 5.83. The molecule has 6 heteroatoms. The molecule has 0 aliphatic rings. The average molecular weight is 360 g/mol. The van der Waals surface area contributed by atoms with Crippen LogP contribution in [0.1, 0.15) is 16.7 Å². The zero-order valence-corrected chi connectivity index (χ0v) is 15.4. The molecule has 0 heterocycles. The molecule has 27 heavy (non-hydrogen) atoms. The van der Waals surface area contributed by atoms with E-state index >= 15 is 0 Å². The van der Waals surface area contributed by atoms with Crippen LogP contribution in [-0.2, 0) is 0 Å². The van der Waals surface area contributed by atoms with Gasteiger partial charge < -0.3 is 0 Å². The molecule has 3 aromatic rings. The maximum absolute atomic E-state index is 12.6. The fraction of sp³-hybridized carbons (Fsp3) is 0.143. The van der Waals surface area contributed by atoms with Gasteiger partial charge in [0.25, 0.3) is 0 Å². The van der Waals surface area contributed by atoms with Gasteiger partial charge in [-0.25, -0.2) is 0 Å². The predicted octanol–water partition coefficient (Wildman–Crippen LogP) is 2.06. The molecule has 2 N–H and O–H groups in total. The molecule has 0 unspecified atom stereocenters. The Morgan fingerprint density at radius 3 is 2.22 bits per heavy atom. The van der Waals surface area contributed by atoms with Gasteiger partial charge in [0.2, 0.25) is 10.9 Å². The van der Waals surface area contributed by atoms with E-state index < -0.39 is 10.9 Å². The van der Waals surface area contributed by atoms with Crippen LogP contribution in [0.15, 0.2) is 74.4 Å². The first kappa shape index (κ1) is 18.3. The molecule has 0 atom stereocenters. The summed E-state index contributed by atoms with van der Waals surface area (Å²) in [6, 6.07) is 16.1. The number of anilines is 2. The van der Waals surface area contributed by atoms with Gasteiger partial charge in [0.1, 0.15) is 5.36 Å². The molecular formula is C21H20N4O2. The van der Waals surface area contributed by atoms with Gasteiger partial charge in [0.15, 0.2) is 5.36 Å². The fourth-order valence-electron chi connectivity index (χ4n) is 2.53. The summed E-state index contributed by atoms with van der Waals surface area (Å²) in [7, 11) is 0. The van der Waals surface area contributed by atoms with Gasteiger partial charge in [-0.15, -0.1) is 0 Å². The van der Waals surface area contributed by atoms with Crippen molar-refractivity contribution >= 4 is 11.4 Å². The first-order valence-corrected chi connectivity index (χ1v) is 8.53. The quantitative estimate of drug-likeness (QED) is 0.698. The third-order valence-electron chi connectivity index (χ3n) is 4.20. The number of rotatable bonds is 4. The lowest BCUT2D eigenvalue weighted by Gasteiger charge is -2.05. The zero-order chi connectivity index (χ0) is 19.4. The van der Waals surface area contributed by atoms with Crippen molar-refractivity contribution in [3.8, 4) is 0 Å². The zero-order valence-electron chi connectivity index (χ0n) is 15.4. The number of para-hydroxylation sites is 1. The molecule has 3 aromatic carbocycles. The smallest absolute Gasteiger partial charge is 0.237 e. The van der Waals surface area contributed by atoms with Crippen molar-refractivity contribution in [2.45, 2.75) is 20.8 Å². The highest BCUT2D eigenvalue weighted by Gasteiger charge is 2.02. The van der Waals surface area contributed by atoms with Crippen LogP contribution in [0.5, 0.6) is 0 Å². The number of nitrogens with zero attached hydrogens (tertiary/aromatic N) is 2. The van der Waals surface area contributed by atoms with Crippen LogP contribution in [0, 0.1) is 20.8 Å². The Morgan fingerprint density at radius 2 is 1.44 bits per heavy atom. The Labute approximate surface area is 156 Å².